The minimum absolute atomic E-state index is 0.0861. The Kier molecular flexibility index (Phi) is 7.45. The molecule has 2 aromatic rings. The summed E-state index contributed by atoms with van der Waals surface area (Å²) in [5.74, 6) is -0.145. The standard InChI is InChI=1S/C25H30FN3O5/c1-29(2)13-24(32)28-16-7-8-21-18(9-16)19-10-17(33-22(14-30)25(19)34-21)11-23(31)27-12-15-5-3-4-6-20(15)26/h3-9,17,19,22,25,30H,10-14H2,1-2H3,(H,27,31)(H,28,32)/t17-,19+,22-,25-/m0/s1. The molecule has 34 heavy (non-hydrogen) atoms. The molecule has 2 aromatic carbocycles. The van der Waals surface area contributed by atoms with Gasteiger partial charge in [0.25, 0.3) is 0 Å². The maximum atomic E-state index is 13.8. The molecule has 0 bridgehead atoms. The molecule has 3 N–H and O–H groups in total. The van der Waals surface area contributed by atoms with Crippen molar-refractivity contribution in [1.29, 1.82) is 0 Å². The molecular formula is C25H30FN3O5. The summed E-state index contributed by atoms with van der Waals surface area (Å²) < 4.78 is 25.9. The van der Waals surface area contributed by atoms with Crippen molar-refractivity contribution in [3.8, 4) is 5.75 Å². The number of rotatable bonds is 8. The minimum atomic E-state index is -0.581. The Morgan fingerprint density at radius 1 is 1.18 bits per heavy atom. The number of anilines is 1. The molecule has 0 saturated carbocycles. The van der Waals surface area contributed by atoms with E-state index in [1.807, 2.05) is 26.2 Å². The van der Waals surface area contributed by atoms with Crippen LogP contribution in [0.4, 0.5) is 10.1 Å². The molecule has 1 fully saturated rings. The smallest absolute Gasteiger partial charge is 0.238 e. The zero-order chi connectivity index (χ0) is 24.2. The van der Waals surface area contributed by atoms with Crippen LogP contribution in [0.15, 0.2) is 42.5 Å². The van der Waals surface area contributed by atoms with Gasteiger partial charge in [0.05, 0.1) is 25.7 Å². The zero-order valence-electron chi connectivity index (χ0n) is 19.3. The van der Waals surface area contributed by atoms with Crippen LogP contribution in [0.25, 0.3) is 0 Å². The second-order valence-electron chi connectivity index (χ2n) is 9.01. The highest BCUT2D eigenvalue weighted by molar-refractivity contribution is 5.92. The normalized spacial score (nSPS) is 23.1. The summed E-state index contributed by atoms with van der Waals surface area (Å²) in [6.45, 7) is 0.120. The predicted molar refractivity (Wildman–Crippen MR) is 124 cm³/mol. The summed E-state index contributed by atoms with van der Waals surface area (Å²) in [4.78, 5) is 26.5. The van der Waals surface area contributed by atoms with Gasteiger partial charge in [-0.15, -0.1) is 0 Å². The van der Waals surface area contributed by atoms with Gasteiger partial charge >= 0.3 is 0 Å². The van der Waals surface area contributed by atoms with Crippen molar-refractivity contribution in [3.05, 3.63) is 59.4 Å². The van der Waals surface area contributed by atoms with Crippen molar-refractivity contribution >= 4 is 17.5 Å². The fourth-order valence-corrected chi connectivity index (χ4v) is 4.57. The van der Waals surface area contributed by atoms with Crippen LogP contribution in [-0.2, 0) is 20.9 Å². The first-order valence-corrected chi connectivity index (χ1v) is 11.4. The van der Waals surface area contributed by atoms with Crippen LogP contribution in [0.3, 0.4) is 0 Å². The number of hydrogen-bond acceptors (Lipinski definition) is 6. The number of nitrogens with zero attached hydrogens (tertiary/aromatic N) is 1. The molecule has 2 aliphatic rings. The first-order chi connectivity index (χ1) is 16.3. The lowest BCUT2D eigenvalue weighted by Crippen LogP contribution is -2.47. The number of fused-ring (bicyclic) bond motifs is 3. The van der Waals surface area contributed by atoms with Gasteiger partial charge in [-0.3, -0.25) is 9.59 Å². The molecule has 2 aliphatic heterocycles. The topological polar surface area (TPSA) is 100 Å². The largest absolute Gasteiger partial charge is 0.487 e. The Balaban J connectivity index is 1.42. The fraction of sp³-hybridized carbons (Fsp3) is 0.440. The fourth-order valence-electron chi connectivity index (χ4n) is 4.57. The van der Waals surface area contributed by atoms with Gasteiger partial charge in [-0.25, -0.2) is 4.39 Å². The van der Waals surface area contributed by atoms with E-state index in [4.69, 9.17) is 9.47 Å². The van der Waals surface area contributed by atoms with Crippen LogP contribution in [0, 0.1) is 5.82 Å². The van der Waals surface area contributed by atoms with Gasteiger partial charge in [-0.2, -0.15) is 0 Å². The van der Waals surface area contributed by atoms with Crippen LogP contribution >= 0.6 is 0 Å². The monoisotopic (exact) mass is 471 g/mol. The molecule has 0 aromatic heterocycles. The number of halogens is 1. The average molecular weight is 472 g/mol. The number of amides is 2. The first kappa shape index (κ1) is 24.1. The van der Waals surface area contributed by atoms with Crippen molar-refractivity contribution in [1.82, 2.24) is 10.2 Å². The van der Waals surface area contributed by atoms with Crippen LogP contribution < -0.4 is 15.4 Å². The molecule has 8 nitrogen and oxygen atoms in total. The van der Waals surface area contributed by atoms with Crippen molar-refractivity contribution in [2.45, 2.75) is 43.6 Å². The molecule has 4 rings (SSSR count). The van der Waals surface area contributed by atoms with E-state index in [1.54, 1.807) is 29.2 Å². The lowest BCUT2D eigenvalue weighted by molar-refractivity contribution is -0.142. The number of carbonyl (C=O) groups is 2. The number of ether oxygens (including phenoxy) is 2. The van der Waals surface area contributed by atoms with E-state index in [1.165, 1.54) is 6.07 Å². The highest BCUT2D eigenvalue weighted by Gasteiger charge is 2.46. The summed E-state index contributed by atoms with van der Waals surface area (Å²) in [7, 11) is 3.65. The zero-order valence-corrected chi connectivity index (χ0v) is 19.3. The molecule has 0 aliphatic carbocycles. The molecule has 2 amide bonds. The van der Waals surface area contributed by atoms with E-state index in [2.05, 4.69) is 10.6 Å². The van der Waals surface area contributed by atoms with Crippen LogP contribution in [0.1, 0.15) is 29.9 Å². The Labute approximate surface area is 198 Å². The van der Waals surface area contributed by atoms with Crippen molar-refractivity contribution in [2.75, 3.05) is 32.6 Å². The number of nitrogens with one attached hydrogen (secondary N) is 2. The minimum Gasteiger partial charge on any atom is -0.487 e. The van der Waals surface area contributed by atoms with Gasteiger partial charge < -0.3 is 30.1 Å². The van der Waals surface area contributed by atoms with Crippen molar-refractivity contribution in [3.63, 3.8) is 0 Å². The van der Waals surface area contributed by atoms with E-state index < -0.39 is 12.2 Å². The quantitative estimate of drug-likeness (QED) is 0.545. The molecule has 0 spiro atoms. The van der Waals surface area contributed by atoms with Crippen LogP contribution in [0.2, 0.25) is 0 Å². The van der Waals surface area contributed by atoms with E-state index in [-0.39, 0.29) is 55.8 Å². The Morgan fingerprint density at radius 2 is 1.97 bits per heavy atom. The summed E-state index contributed by atoms with van der Waals surface area (Å²) in [6, 6.07) is 11.8. The molecule has 0 unspecified atom stereocenters. The molecule has 2 heterocycles. The lowest BCUT2D eigenvalue weighted by atomic mass is 9.84. The second-order valence-corrected chi connectivity index (χ2v) is 9.01. The van der Waals surface area contributed by atoms with Gasteiger partial charge in [-0.1, -0.05) is 18.2 Å². The summed E-state index contributed by atoms with van der Waals surface area (Å²) in [5.41, 5.74) is 2.00. The third kappa shape index (κ3) is 5.55. The third-order valence-electron chi connectivity index (χ3n) is 6.09. The number of aliphatic hydroxyl groups excluding tert-OH is 1. The van der Waals surface area contributed by atoms with Gasteiger partial charge in [0.1, 0.15) is 23.8 Å². The highest BCUT2D eigenvalue weighted by Crippen LogP contribution is 2.47. The predicted octanol–water partition coefficient (Wildman–Crippen LogP) is 2.03. The second kappa shape index (κ2) is 10.5. The third-order valence-corrected chi connectivity index (χ3v) is 6.09. The van der Waals surface area contributed by atoms with Crippen LogP contribution in [0.5, 0.6) is 5.75 Å². The summed E-state index contributed by atoms with van der Waals surface area (Å²) in [6.07, 6.45) is -0.771. The maximum Gasteiger partial charge on any atom is 0.238 e. The Bertz CT molecular complexity index is 1050. The molecule has 0 radical (unpaired) electrons. The van der Waals surface area contributed by atoms with E-state index in [9.17, 15) is 19.1 Å². The van der Waals surface area contributed by atoms with Crippen LogP contribution in [-0.4, -0.2) is 67.4 Å². The Morgan fingerprint density at radius 3 is 2.71 bits per heavy atom. The molecule has 9 heteroatoms. The SMILES string of the molecule is CN(C)CC(=O)Nc1ccc2c(c1)[C@H]1C[C@@H](CC(=O)NCc3ccccc3F)O[C@@H](CO)[C@H]1O2. The number of likely N-dealkylation sites (N-methyl/N-ethyl adjacent to an activating group) is 1. The number of hydrogen-bond donors (Lipinski definition) is 3. The molecule has 4 atom stereocenters. The number of benzene rings is 2. The molecule has 1 saturated heterocycles. The molecule has 182 valence electrons. The van der Waals surface area contributed by atoms with Gasteiger partial charge in [-0.05, 0) is 44.8 Å². The van der Waals surface area contributed by atoms with E-state index >= 15 is 0 Å². The average Bonchev–Trinajstić information content (AvgIpc) is 3.15. The van der Waals surface area contributed by atoms with Gasteiger partial charge in [0.2, 0.25) is 11.8 Å². The van der Waals surface area contributed by atoms with Crippen molar-refractivity contribution in [2.24, 2.45) is 0 Å². The number of carbonyl (C=O) groups excluding carboxylic acids is 2. The van der Waals surface area contributed by atoms with Gasteiger partial charge in [0.15, 0.2) is 0 Å². The maximum absolute atomic E-state index is 13.8. The lowest BCUT2D eigenvalue weighted by Gasteiger charge is -2.37. The van der Waals surface area contributed by atoms with E-state index in [0.29, 0.717) is 23.4 Å². The highest BCUT2D eigenvalue weighted by atomic mass is 19.1. The molecular weight excluding hydrogens is 441 g/mol. The van der Waals surface area contributed by atoms with E-state index in [0.717, 1.165) is 5.56 Å². The summed E-state index contributed by atoms with van der Waals surface area (Å²) in [5, 5.41) is 15.5. The number of aliphatic hydroxyl groups is 1. The summed E-state index contributed by atoms with van der Waals surface area (Å²) >= 11 is 0. The van der Waals surface area contributed by atoms with Crippen molar-refractivity contribution < 1.29 is 28.6 Å². The Hall–Kier alpha value is -3.01. The first-order valence-electron chi connectivity index (χ1n) is 11.4. The van der Waals surface area contributed by atoms with Gasteiger partial charge in [0, 0.05) is 29.3 Å².